The van der Waals surface area contributed by atoms with Crippen molar-refractivity contribution in [2.75, 3.05) is 25.3 Å². The van der Waals surface area contributed by atoms with Crippen molar-refractivity contribution < 1.29 is 17.9 Å². The lowest BCUT2D eigenvalue weighted by atomic mass is 10.0. The van der Waals surface area contributed by atoms with Gasteiger partial charge in [0.05, 0.1) is 30.2 Å². The number of sulfone groups is 1. The van der Waals surface area contributed by atoms with Crippen molar-refractivity contribution in [1.82, 2.24) is 4.98 Å². The minimum Gasteiger partial charge on any atom is -0.496 e. The Morgan fingerprint density at radius 2 is 1.94 bits per heavy atom. The third kappa shape index (κ3) is 5.08. The molecule has 0 radical (unpaired) electrons. The van der Waals surface area contributed by atoms with Crippen molar-refractivity contribution in [3.63, 3.8) is 0 Å². The van der Waals surface area contributed by atoms with E-state index in [2.05, 4.69) is 11.1 Å². The van der Waals surface area contributed by atoms with Crippen molar-refractivity contribution in [1.29, 1.82) is 5.26 Å². The van der Waals surface area contributed by atoms with Gasteiger partial charge >= 0.3 is 0 Å². The predicted molar refractivity (Wildman–Crippen MR) is 119 cm³/mol. The van der Waals surface area contributed by atoms with E-state index in [0.717, 1.165) is 6.26 Å². The molecule has 0 aliphatic carbocycles. The van der Waals surface area contributed by atoms with Crippen molar-refractivity contribution >= 4 is 21.4 Å². The molecule has 0 fully saturated rings. The fraction of sp³-hybridized carbons (Fsp3) is 0.174. The molecular formula is C23H21N3O4S. The first-order valence-electron chi connectivity index (χ1n) is 9.31. The van der Waals surface area contributed by atoms with Crippen LogP contribution >= 0.6 is 0 Å². The first-order chi connectivity index (χ1) is 14.7. The highest BCUT2D eigenvalue weighted by molar-refractivity contribution is 7.89. The van der Waals surface area contributed by atoms with Gasteiger partial charge in [0.2, 0.25) is 0 Å². The zero-order valence-electron chi connectivity index (χ0n) is 17.4. The molecule has 3 aromatic rings. The van der Waals surface area contributed by atoms with Crippen LogP contribution in [-0.2, 0) is 15.6 Å². The summed E-state index contributed by atoms with van der Waals surface area (Å²) in [4.78, 5) is 18.8. The molecule has 0 N–H and O–H groups in total. The van der Waals surface area contributed by atoms with E-state index in [1.165, 1.54) is 18.1 Å². The molecule has 7 nitrogen and oxygen atoms in total. The van der Waals surface area contributed by atoms with Gasteiger partial charge < -0.3 is 9.64 Å². The lowest BCUT2D eigenvalue weighted by Crippen LogP contribution is -2.26. The van der Waals surface area contributed by atoms with Gasteiger partial charge in [0.1, 0.15) is 5.75 Å². The van der Waals surface area contributed by atoms with E-state index in [9.17, 15) is 18.5 Å². The number of benzene rings is 2. The Balaban J connectivity index is 1.96. The quantitative estimate of drug-likeness (QED) is 0.588. The maximum Gasteiger partial charge on any atom is 0.258 e. The van der Waals surface area contributed by atoms with Gasteiger partial charge in [-0.2, -0.15) is 5.26 Å². The van der Waals surface area contributed by atoms with E-state index in [0.29, 0.717) is 39.4 Å². The summed E-state index contributed by atoms with van der Waals surface area (Å²) >= 11 is 0. The second-order valence-corrected chi connectivity index (χ2v) is 9.16. The summed E-state index contributed by atoms with van der Waals surface area (Å²) < 4.78 is 28.5. The molecule has 1 heterocycles. The van der Waals surface area contributed by atoms with Crippen molar-refractivity contribution in [3.8, 4) is 23.1 Å². The zero-order chi connectivity index (χ0) is 22.6. The van der Waals surface area contributed by atoms with Gasteiger partial charge in [0, 0.05) is 41.9 Å². The molecule has 0 aliphatic rings. The number of pyridine rings is 1. The third-order valence-electron chi connectivity index (χ3n) is 4.71. The number of aromatic nitrogens is 1. The van der Waals surface area contributed by atoms with Crippen LogP contribution in [0, 0.1) is 11.3 Å². The van der Waals surface area contributed by atoms with E-state index < -0.39 is 9.84 Å². The molecule has 8 heteroatoms. The highest BCUT2D eigenvalue weighted by Crippen LogP contribution is 2.28. The SMILES string of the molecule is COc1cc(C(=O)N(C)c2ccc(C#N)c(-c3ccccn3)c2)ccc1CS(C)(=O)=O. The first kappa shape index (κ1) is 22.0. The van der Waals surface area contributed by atoms with E-state index in [1.54, 1.807) is 55.7 Å². The number of anilines is 1. The van der Waals surface area contributed by atoms with Gasteiger partial charge in [0.15, 0.2) is 9.84 Å². The van der Waals surface area contributed by atoms with Crippen LogP contribution in [0.4, 0.5) is 5.69 Å². The number of nitriles is 1. The van der Waals surface area contributed by atoms with Gasteiger partial charge in [0.25, 0.3) is 5.91 Å². The second kappa shape index (κ2) is 8.98. The third-order valence-corrected chi connectivity index (χ3v) is 5.54. The molecule has 0 saturated carbocycles. The number of amides is 1. The molecule has 2 aromatic carbocycles. The molecule has 0 spiro atoms. The molecule has 158 valence electrons. The standard InChI is InChI=1S/C23H21N3O4S/c1-26(19-10-9-17(14-24)20(13-19)21-6-4-5-11-25-21)23(27)16-7-8-18(15-31(3,28)29)22(12-16)30-2/h4-13H,15H2,1-3H3. The highest BCUT2D eigenvalue weighted by Gasteiger charge is 2.19. The van der Waals surface area contributed by atoms with Crippen LogP contribution in [-0.4, -0.2) is 39.7 Å². The lowest BCUT2D eigenvalue weighted by Gasteiger charge is -2.19. The smallest absolute Gasteiger partial charge is 0.258 e. The maximum absolute atomic E-state index is 13.1. The largest absolute Gasteiger partial charge is 0.496 e. The van der Waals surface area contributed by atoms with E-state index in [4.69, 9.17) is 4.74 Å². The van der Waals surface area contributed by atoms with E-state index in [-0.39, 0.29) is 11.7 Å². The average molecular weight is 436 g/mol. The molecule has 0 atom stereocenters. The molecular weight excluding hydrogens is 414 g/mol. The minimum absolute atomic E-state index is 0.177. The van der Waals surface area contributed by atoms with Crippen molar-refractivity contribution in [2.24, 2.45) is 0 Å². The number of carbonyl (C=O) groups excluding carboxylic acids is 1. The number of hydrogen-bond donors (Lipinski definition) is 0. The normalized spacial score (nSPS) is 10.9. The van der Waals surface area contributed by atoms with E-state index in [1.807, 2.05) is 6.07 Å². The molecule has 0 aliphatic heterocycles. The second-order valence-electron chi connectivity index (χ2n) is 7.02. The van der Waals surface area contributed by atoms with Crippen LogP contribution in [0.1, 0.15) is 21.5 Å². The van der Waals surface area contributed by atoms with E-state index >= 15 is 0 Å². The molecule has 0 bridgehead atoms. The van der Waals surface area contributed by atoms with Gasteiger partial charge in [-0.25, -0.2) is 8.42 Å². The summed E-state index contributed by atoms with van der Waals surface area (Å²) in [7, 11) is -0.190. The predicted octanol–water partition coefficient (Wildman–Crippen LogP) is 3.45. The number of ether oxygens (including phenoxy) is 1. The monoisotopic (exact) mass is 435 g/mol. The number of nitrogens with zero attached hydrogens (tertiary/aromatic N) is 3. The number of methoxy groups -OCH3 is 1. The Labute approximate surface area is 181 Å². The Hall–Kier alpha value is -3.70. The van der Waals surface area contributed by atoms with Gasteiger partial charge in [-0.3, -0.25) is 9.78 Å². The lowest BCUT2D eigenvalue weighted by molar-refractivity contribution is 0.0992. The molecule has 1 aromatic heterocycles. The Bertz CT molecular complexity index is 1270. The van der Waals surface area contributed by atoms with Crippen LogP contribution < -0.4 is 9.64 Å². The van der Waals surface area contributed by atoms with Gasteiger partial charge in [-0.1, -0.05) is 12.1 Å². The molecule has 1 amide bonds. The number of hydrogen-bond acceptors (Lipinski definition) is 6. The van der Waals surface area contributed by atoms with Crippen LogP contribution in [0.5, 0.6) is 5.75 Å². The first-order valence-corrected chi connectivity index (χ1v) is 11.4. The maximum atomic E-state index is 13.1. The van der Waals surface area contributed by atoms with Gasteiger partial charge in [-0.05, 0) is 42.5 Å². The Morgan fingerprint density at radius 1 is 1.16 bits per heavy atom. The zero-order valence-corrected chi connectivity index (χ0v) is 18.2. The average Bonchev–Trinajstić information content (AvgIpc) is 2.77. The topological polar surface area (TPSA) is 100 Å². The molecule has 0 unspecified atom stereocenters. The van der Waals surface area contributed by atoms with Crippen LogP contribution in [0.2, 0.25) is 0 Å². The molecule has 31 heavy (non-hydrogen) atoms. The van der Waals surface area contributed by atoms with Crippen LogP contribution in [0.15, 0.2) is 60.8 Å². The van der Waals surface area contributed by atoms with Crippen LogP contribution in [0.3, 0.4) is 0 Å². The fourth-order valence-corrected chi connectivity index (χ4v) is 3.97. The number of rotatable bonds is 6. The molecule has 0 saturated heterocycles. The summed E-state index contributed by atoms with van der Waals surface area (Å²) in [6.45, 7) is 0. The molecule has 3 rings (SSSR count). The summed E-state index contributed by atoms with van der Waals surface area (Å²) in [5.41, 5.74) is 3.13. The Morgan fingerprint density at radius 3 is 2.55 bits per heavy atom. The summed E-state index contributed by atoms with van der Waals surface area (Å²) in [5.74, 6) is -0.150. The fourth-order valence-electron chi connectivity index (χ4n) is 3.16. The summed E-state index contributed by atoms with van der Waals surface area (Å²) in [6.07, 6.45) is 2.78. The number of carbonyl (C=O) groups is 1. The Kier molecular flexibility index (Phi) is 6.37. The summed E-state index contributed by atoms with van der Waals surface area (Å²) in [5, 5.41) is 9.45. The van der Waals surface area contributed by atoms with Crippen molar-refractivity contribution in [3.05, 3.63) is 77.5 Å². The van der Waals surface area contributed by atoms with Crippen LogP contribution in [0.25, 0.3) is 11.3 Å². The summed E-state index contributed by atoms with van der Waals surface area (Å²) in [6, 6.07) is 17.3. The minimum atomic E-state index is -3.25. The van der Waals surface area contributed by atoms with Gasteiger partial charge in [-0.15, -0.1) is 0 Å². The highest BCUT2D eigenvalue weighted by atomic mass is 32.2. The van der Waals surface area contributed by atoms with Crippen molar-refractivity contribution in [2.45, 2.75) is 5.75 Å².